The van der Waals surface area contributed by atoms with Gasteiger partial charge in [-0.25, -0.2) is 14.8 Å². The van der Waals surface area contributed by atoms with Crippen LogP contribution in [0.25, 0.3) is 0 Å². The average Bonchev–Trinajstić information content (AvgIpc) is 2.83. The van der Waals surface area contributed by atoms with Crippen LogP contribution in [0.2, 0.25) is 20.2 Å². The lowest BCUT2D eigenvalue weighted by Gasteiger charge is -2.07. The number of rotatable bonds is 3. The summed E-state index contributed by atoms with van der Waals surface area (Å²) in [6.07, 6.45) is 0. The third-order valence-electron chi connectivity index (χ3n) is 2.20. The SMILES string of the molecule is Cc1nc(COC(=O)c2nc(Cl)c(Cl)c(Cl)c2Cl)cs1. The Morgan fingerprint density at radius 1 is 1.20 bits per heavy atom. The Morgan fingerprint density at radius 2 is 1.90 bits per heavy atom. The van der Waals surface area contributed by atoms with Crippen molar-refractivity contribution in [1.29, 1.82) is 0 Å². The van der Waals surface area contributed by atoms with E-state index in [1.807, 2.05) is 6.92 Å². The summed E-state index contributed by atoms with van der Waals surface area (Å²) in [6.45, 7) is 1.87. The molecular weight excluding hydrogens is 366 g/mol. The zero-order chi connectivity index (χ0) is 14.9. The number of pyridine rings is 1. The molecule has 2 aromatic rings. The van der Waals surface area contributed by atoms with Crippen molar-refractivity contribution in [3.63, 3.8) is 0 Å². The number of halogens is 4. The highest BCUT2D eigenvalue weighted by atomic mass is 35.5. The molecule has 0 amide bonds. The smallest absolute Gasteiger partial charge is 0.359 e. The van der Waals surface area contributed by atoms with Gasteiger partial charge < -0.3 is 4.74 Å². The maximum atomic E-state index is 11.9. The van der Waals surface area contributed by atoms with Crippen LogP contribution in [0.4, 0.5) is 0 Å². The van der Waals surface area contributed by atoms with E-state index < -0.39 is 5.97 Å². The molecule has 4 nitrogen and oxygen atoms in total. The number of aromatic nitrogens is 2. The van der Waals surface area contributed by atoms with Crippen LogP contribution in [0, 0.1) is 6.92 Å². The first-order valence-corrected chi connectivity index (χ1v) is 7.57. The number of hydrogen-bond donors (Lipinski definition) is 0. The molecule has 0 unspecified atom stereocenters. The molecule has 106 valence electrons. The molecule has 0 saturated carbocycles. The van der Waals surface area contributed by atoms with E-state index >= 15 is 0 Å². The van der Waals surface area contributed by atoms with Gasteiger partial charge in [0.05, 0.1) is 25.8 Å². The van der Waals surface area contributed by atoms with E-state index in [-0.39, 0.29) is 32.5 Å². The molecule has 0 aliphatic rings. The molecule has 0 saturated heterocycles. The lowest BCUT2D eigenvalue weighted by molar-refractivity contribution is 0.0461. The fourth-order valence-corrected chi connectivity index (χ4v) is 2.71. The Bertz CT molecular complexity index is 675. The minimum absolute atomic E-state index is 0.00925. The van der Waals surface area contributed by atoms with Crippen molar-refractivity contribution in [1.82, 2.24) is 9.97 Å². The fourth-order valence-electron chi connectivity index (χ4n) is 1.30. The summed E-state index contributed by atoms with van der Waals surface area (Å²) in [5.74, 6) is -0.749. The third-order valence-corrected chi connectivity index (χ3v) is 4.70. The van der Waals surface area contributed by atoms with Gasteiger partial charge in [-0.3, -0.25) is 0 Å². The van der Waals surface area contributed by atoms with Crippen molar-refractivity contribution in [2.75, 3.05) is 0 Å². The van der Waals surface area contributed by atoms with Crippen LogP contribution in [0.15, 0.2) is 5.38 Å². The van der Waals surface area contributed by atoms with Gasteiger partial charge in [0, 0.05) is 5.38 Å². The summed E-state index contributed by atoms with van der Waals surface area (Å²) in [4.78, 5) is 19.8. The molecule has 2 heterocycles. The van der Waals surface area contributed by atoms with Gasteiger partial charge in [-0.2, -0.15) is 0 Å². The topological polar surface area (TPSA) is 52.1 Å². The normalized spacial score (nSPS) is 10.7. The monoisotopic (exact) mass is 370 g/mol. The summed E-state index contributed by atoms with van der Waals surface area (Å²) in [5, 5.41) is 2.41. The van der Waals surface area contributed by atoms with Crippen LogP contribution in [0.5, 0.6) is 0 Å². The Hall–Kier alpha value is -0.590. The highest BCUT2D eigenvalue weighted by molar-refractivity contribution is 7.09. The number of carbonyl (C=O) groups excluding carboxylic acids is 1. The van der Waals surface area contributed by atoms with Crippen LogP contribution in [0.3, 0.4) is 0 Å². The summed E-state index contributed by atoms with van der Waals surface area (Å²) >= 11 is 24.7. The molecule has 0 aliphatic heterocycles. The molecule has 9 heteroatoms. The molecular formula is C11H6Cl4N2O2S. The zero-order valence-corrected chi connectivity index (χ0v) is 13.8. The summed E-state index contributed by atoms with van der Waals surface area (Å²) in [6, 6.07) is 0. The predicted octanol–water partition coefficient (Wildman–Crippen LogP) is 4.82. The molecule has 20 heavy (non-hydrogen) atoms. The Kier molecular flexibility index (Phi) is 5.09. The van der Waals surface area contributed by atoms with Crippen molar-refractivity contribution in [3.05, 3.63) is 42.0 Å². The Labute approximate surface area is 138 Å². The van der Waals surface area contributed by atoms with Gasteiger partial charge in [0.2, 0.25) is 0 Å². The van der Waals surface area contributed by atoms with Crippen molar-refractivity contribution >= 4 is 63.7 Å². The maximum absolute atomic E-state index is 11.9. The van der Waals surface area contributed by atoms with Gasteiger partial charge in [-0.05, 0) is 6.92 Å². The van der Waals surface area contributed by atoms with E-state index in [0.717, 1.165) is 5.01 Å². The second-order valence-corrected chi connectivity index (χ2v) is 6.18. The third kappa shape index (κ3) is 3.35. The quantitative estimate of drug-likeness (QED) is 0.573. The van der Waals surface area contributed by atoms with Crippen molar-refractivity contribution in [2.45, 2.75) is 13.5 Å². The van der Waals surface area contributed by atoms with Gasteiger partial charge >= 0.3 is 5.97 Å². The summed E-state index contributed by atoms with van der Waals surface area (Å²) in [5.41, 5.74) is 0.459. The molecule has 0 radical (unpaired) electrons. The Balaban J connectivity index is 2.17. The molecule has 0 atom stereocenters. The molecule has 0 bridgehead atoms. The van der Waals surface area contributed by atoms with E-state index in [1.54, 1.807) is 5.38 Å². The second-order valence-electron chi connectivity index (χ2n) is 3.63. The van der Waals surface area contributed by atoms with E-state index in [0.29, 0.717) is 5.69 Å². The first kappa shape index (κ1) is 15.8. The lowest BCUT2D eigenvalue weighted by atomic mass is 10.3. The number of nitrogens with zero attached hydrogens (tertiary/aromatic N) is 2. The van der Waals surface area contributed by atoms with Crippen LogP contribution >= 0.6 is 57.7 Å². The first-order valence-electron chi connectivity index (χ1n) is 5.18. The minimum atomic E-state index is -0.749. The molecule has 0 aromatic carbocycles. The number of esters is 1. The molecule has 2 aromatic heterocycles. The van der Waals surface area contributed by atoms with E-state index in [9.17, 15) is 4.79 Å². The predicted molar refractivity (Wildman–Crippen MR) is 80.2 cm³/mol. The van der Waals surface area contributed by atoms with Crippen molar-refractivity contribution in [2.24, 2.45) is 0 Å². The van der Waals surface area contributed by atoms with Gasteiger partial charge in [0.15, 0.2) is 5.69 Å². The highest BCUT2D eigenvalue weighted by Gasteiger charge is 2.21. The van der Waals surface area contributed by atoms with Crippen LogP contribution in [0.1, 0.15) is 21.2 Å². The molecule has 0 aliphatic carbocycles. The second kappa shape index (κ2) is 6.45. The van der Waals surface area contributed by atoms with Crippen molar-refractivity contribution < 1.29 is 9.53 Å². The first-order chi connectivity index (χ1) is 9.40. The standard InChI is InChI=1S/C11H6Cl4N2O2S/c1-4-16-5(3-20-4)2-19-11(18)9-7(13)6(12)8(14)10(15)17-9/h3H,2H2,1H3. The number of carbonyl (C=O) groups is 1. The van der Waals surface area contributed by atoms with E-state index in [4.69, 9.17) is 51.1 Å². The van der Waals surface area contributed by atoms with E-state index in [2.05, 4.69) is 9.97 Å². The van der Waals surface area contributed by atoms with Gasteiger partial charge in [0.1, 0.15) is 11.8 Å². The summed E-state index contributed by atoms with van der Waals surface area (Å²) in [7, 11) is 0. The van der Waals surface area contributed by atoms with Crippen LogP contribution in [-0.4, -0.2) is 15.9 Å². The molecule has 0 N–H and O–H groups in total. The van der Waals surface area contributed by atoms with Crippen molar-refractivity contribution in [3.8, 4) is 0 Å². The minimum Gasteiger partial charge on any atom is -0.454 e. The number of thiazole rings is 1. The number of ether oxygens (including phenoxy) is 1. The van der Waals surface area contributed by atoms with Crippen LogP contribution < -0.4 is 0 Å². The van der Waals surface area contributed by atoms with Gasteiger partial charge in [-0.1, -0.05) is 46.4 Å². The average molecular weight is 372 g/mol. The summed E-state index contributed by atoms with van der Waals surface area (Å²) < 4.78 is 5.06. The largest absolute Gasteiger partial charge is 0.454 e. The van der Waals surface area contributed by atoms with E-state index in [1.165, 1.54) is 11.3 Å². The molecule has 0 fully saturated rings. The van der Waals surface area contributed by atoms with Gasteiger partial charge in [-0.15, -0.1) is 11.3 Å². The molecule has 0 spiro atoms. The lowest BCUT2D eigenvalue weighted by Crippen LogP contribution is -2.09. The number of hydrogen-bond acceptors (Lipinski definition) is 5. The fraction of sp³-hybridized carbons (Fsp3) is 0.182. The molecule has 2 rings (SSSR count). The van der Waals surface area contributed by atoms with Crippen LogP contribution in [-0.2, 0) is 11.3 Å². The zero-order valence-electron chi connectivity index (χ0n) is 9.92. The maximum Gasteiger partial charge on any atom is 0.359 e. The Morgan fingerprint density at radius 3 is 2.50 bits per heavy atom. The van der Waals surface area contributed by atoms with Gasteiger partial charge in [0.25, 0.3) is 0 Å². The highest BCUT2D eigenvalue weighted by Crippen LogP contribution is 2.36. The number of aryl methyl sites for hydroxylation is 1.